The number of likely N-dealkylation sites (tertiary alicyclic amines) is 1. The fourth-order valence-electron chi connectivity index (χ4n) is 2.69. The van der Waals surface area contributed by atoms with Gasteiger partial charge in [-0.1, -0.05) is 11.6 Å². The molecule has 1 fully saturated rings. The van der Waals surface area contributed by atoms with Crippen LogP contribution in [0.3, 0.4) is 0 Å². The number of benzene rings is 1. The van der Waals surface area contributed by atoms with Gasteiger partial charge in [-0.05, 0) is 31.5 Å². The number of hydrogen-bond acceptors (Lipinski definition) is 3. The van der Waals surface area contributed by atoms with Gasteiger partial charge in [0.05, 0.1) is 5.92 Å². The highest BCUT2D eigenvalue weighted by atomic mass is 35.5. The quantitative estimate of drug-likeness (QED) is 0.907. The SMILES string of the molecule is Cc1c(C(=O)N2CCC(C(=O)O)C2)oc2ccc(Cl)cc12.Cl. The number of carbonyl (C=O) groups is 2. The van der Waals surface area contributed by atoms with Crippen molar-refractivity contribution in [3.63, 3.8) is 0 Å². The second kappa shape index (κ2) is 6.18. The van der Waals surface area contributed by atoms with E-state index in [2.05, 4.69) is 0 Å². The maximum Gasteiger partial charge on any atom is 0.308 e. The molecule has 3 rings (SSSR count). The van der Waals surface area contributed by atoms with Crippen LogP contribution in [0.1, 0.15) is 22.5 Å². The van der Waals surface area contributed by atoms with E-state index in [-0.39, 0.29) is 30.6 Å². The third-order valence-electron chi connectivity index (χ3n) is 3.92. The monoisotopic (exact) mass is 343 g/mol. The van der Waals surface area contributed by atoms with E-state index in [0.29, 0.717) is 23.6 Å². The van der Waals surface area contributed by atoms with E-state index in [1.807, 2.05) is 0 Å². The zero-order chi connectivity index (χ0) is 15.1. The number of carboxylic acid groups (broad SMARTS) is 1. The van der Waals surface area contributed by atoms with Crippen LogP contribution < -0.4 is 0 Å². The first-order chi connectivity index (χ1) is 9.97. The first kappa shape index (κ1) is 16.6. The van der Waals surface area contributed by atoms with E-state index in [4.69, 9.17) is 21.1 Å². The maximum atomic E-state index is 12.5. The second-order valence-corrected chi connectivity index (χ2v) is 5.71. The van der Waals surface area contributed by atoms with E-state index >= 15 is 0 Å². The number of carboxylic acids is 1. The minimum Gasteiger partial charge on any atom is -0.481 e. The normalized spacial score (nSPS) is 17.5. The number of hydrogen-bond donors (Lipinski definition) is 1. The van der Waals surface area contributed by atoms with Crippen molar-refractivity contribution in [2.24, 2.45) is 5.92 Å². The third-order valence-corrected chi connectivity index (χ3v) is 4.15. The number of aliphatic carboxylic acids is 1. The molecule has 1 unspecified atom stereocenters. The predicted molar refractivity (Wildman–Crippen MR) is 84.9 cm³/mol. The standard InChI is InChI=1S/C15H14ClNO4.ClH/c1-8-11-6-10(16)2-3-12(11)21-13(8)14(18)17-5-4-9(7-17)15(19)20;/h2-3,6,9H,4-5,7H2,1H3,(H,19,20);1H. The molecule has 1 atom stereocenters. The summed E-state index contributed by atoms with van der Waals surface area (Å²) in [5.74, 6) is -1.35. The molecule has 5 nitrogen and oxygen atoms in total. The first-order valence-corrected chi connectivity index (χ1v) is 7.06. The highest BCUT2D eigenvalue weighted by Gasteiger charge is 2.33. The average molecular weight is 344 g/mol. The van der Waals surface area contributed by atoms with Crippen LogP contribution in [0.5, 0.6) is 0 Å². The van der Waals surface area contributed by atoms with Gasteiger partial charge in [0.1, 0.15) is 5.58 Å². The van der Waals surface area contributed by atoms with Crippen molar-refractivity contribution in [1.29, 1.82) is 0 Å². The van der Waals surface area contributed by atoms with Gasteiger partial charge in [-0.2, -0.15) is 0 Å². The van der Waals surface area contributed by atoms with Crippen LogP contribution in [-0.4, -0.2) is 35.0 Å². The summed E-state index contributed by atoms with van der Waals surface area (Å²) in [6, 6.07) is 5.19. The highest BCUT2D eigenvalue weighted by molar-refractivity contribution is 6.31. The van der Waals surface area contributed by atoms with Crippen LogP contribution >= 0.6 is 24.0 Å². The Morgan fingerprint density at radius 1 is 1.41 bits per heavy atom. The summed E-state index contributed by atoms with van der Waals surface area (Å²) < 4.78 is 5.63. The van der Waals surface area contributed by atoms with E-state index in [1.165, 1.54) is 4.90 Å². The van der Waals surface area contributed by atoms with Gasteiger partial charge in [0.2, 0.25) is 0 Å². The Morgan fingerprint density at radius 2 is 2.14 bits per heavy atom. The van der Waals surface area contributed by atoms with Gasteiger partial charge < -0.3 is 14.4 Å². The van der Waals surface area contributed by atoms with Gasteiger partial charge in [-0.25, -0.2) is 0 Å². The largest absolute Gasteiger partial charge is 0.481 e. The summed E-state index contributed by atoms with van der Waals surface area (Å²) in [6.07, 6.45) is 0.478. The van der Waals surface area contributed by atoms with E-state index < -0.39 is 11.9 Å². The molecule has 1 N–H and O–H groups in total. The Balaban J connectivity index is 0.00000176. The number of fused-ring (bicyclic) bond motifs is 1. The number of amides is 1. The van der Waals surface area contributed by atoms with Crippen LogP contribution in [0.2, 0.25) is 5.02 Å². The van der Waals surface area contributed by atoms with Crippen LogP contribution in [0.15, 0.2) is 22.6 Å². The molecule has 0 saturated carbocycles. The van der Waals surface area contributed by atoms with E-state index in [9.17, 15) is 9.59 Å². The number of halogens is 2. The number of aryl methyl sites for hydroxylation is 1. The molecule has 118 valence electrons. The molecule has 1 aromatic carbocycles. The number of nitrogens with zero attached hydrogens (tertiary/aromatic N) is 1. The number of carbonyl (C=O) groups excluding carboxylic acids is 1. The second-order valence-electron chi connectivity index (χ2n) is 5.27. The topological polar surface area (TPSA) is 70.8 Å². The molecule has 1 amide bonds. The molecule has 7 heteroatoms. The fraction of sp³-hybridized carbons (Fsp3) is 0.333. The van der Waals surface area contributed by atoms with Crippen molar-refractivity contribution in [2.75, 3.05) is 13.1 Å². The number of furan rings is 1. The minimum atomic E-state index is -0.863. The lowest BCUT2D eigenvalue weighted by molar-refractivity contribution is -0.141. The molecule has 0 bridgehead atoms. The average Bonchev–Trinajstić information content (AvgIpc) is 3.04. The smallest absolute Gasteiger partial charge is 0.308 e. The fourth-order valence-corrected chi connectivity index (χ4v) is 2.86. The van der Waals surface area contributed by atoms with Crippen molar-refractivity contribution >= 4 is 46.9 Å². The van der Waals surface area contributed by atoms with Gasteiger partial charge in [-0.15, -0.1) is 12.4 Å². The Morgan fingerprint density at radius 3 is 2.77 bits per heavy atom. The van der Waals surface area contributed by atoms with Gasteiger partial charge in [0, 0.05) is 29.1 Å². The van der Waals surface area contributed by atoms with Crippen LogP contribution in [-0.2, 0) is 4.79 Å². The van der Waals surface area contributed by atoms with E-state index in [1.54, 1.807) is 25.1 Å². The van der Waals surface area contributed by atoms with Crippen molar-refractivity contribution in [3.05, 3.63) is 34.5 Å². The molecule has 1 saturated heterocycles. The lowest BCUT2D eigenvalue weighted by Crippen LogP contribution is -2.30. The summed E-state index contributed by atoms with van der Waals surface area (Å²) in [4.78, 5) is 25.0. The zero-order valence-corrected chi connectivity index (χ0v) is 13.4. The van der Waals surface area contributed by atoms with E-state index in [0.717, 1.165) is 10.9 Å². The van der Waals surface area contributed by atoms with Gasteiger partial charge in [0.25, 0.3) is 5.91 Å². The molecule has 1 aromatic heterocycles. The summed E-state index contributed by atoms with van der Waals surface area (Å²) in [5.41, 5.74) is 1.34. The molecule has 0 aliphatic carbocycles. The van der Waals surface area contributed by atoms with Crippen molar-refractivity contribution in [1.82, 2.24) is 4.90 Å². The third kappa shape index (κ3) is 2.78. The molecule has 1 aliphatic heterocycles. The Hall–Kier alpha value is -1.72. The van der Waals surface area contributed by atoms with Crippen molar-refractivity contribution in [2.45, 2.75) is 13.3 Å². The highest BCUT2D eigenvalue weighted by Crippen LogP contribution is 2.29. The summed E-state index contributed by atoms with van der Waals surface area (Å²) in [5, 5.41) is 10.4. The van der Waals surface area contributed by atoms with Gasteiger partial charge >= 0.3 is 5.97 Å². The summed E-state index contributed by atoms with van der Waals surface area (Å²) in [6.45, 7) is 2.47. The number of rotatable bonds is 2. The lowest BCUT2D eigenvalue weighted by Gasteiger charge is -2.14. The molecular formula is C15H15Cl2NO4. The first-order valence-electron chi connectivity index (χ1n) is 6.68. The Bertz CT molecular complexity index is 740. The van der Waals surface area contributed by atoms with Gasteiger partial charge in [-0.3, -0.25) is 9.59 Å². The summed E-state index contributed by atoms with van der Waals surface area (Å²) in [7, 11) is 0. The molecular weight excluding hydrogens is 329 g/mol. The molecule has 1 aliphatic rings. The van der Waals surface area contributed by atoms with Crippen LogP contribution in [0.25, 0.3) is 11.0 Å². The Kier molecular flexibility index (Phi) is 4.68. The molecule has 0 spiro atoms. The van der Waals surface area contributed by atoms with Gasteiger partial charge in [0.15, 0.2) is 5.76 Å². The molecule has 0 radical (unpaired) electrons. The minimum absolute atomic E-state index is 0. The predicted octanol–water partition coefficient (Wildman–Crippen LogP) is 3.36. The van der Waals surface area contributed by atoms with Crippen LogP contribution in [0.4, 0.5) is 0 Å². The zero-order valence-electron chi connectivity index (χ0n) is 11.8. The van der Waals surface area contributed by atoms with Crippen LogP contribution in [0, 0.1) is 12.8 Å². The Labute approximate surface area is 138 Å². The maximum absolute atomic E-state index is 12.5. The summed E-state index contributed by atoms with van der Waals surface area (Å²) >= 11 is 5.96. The van der Waals surface area contributed by atoms with Crippen molar-refractivity contribution in [3.8, 4) is 0 Å². The lowest BCUT2D eigenvalue weighted by atomic mass is 10.1. The molecule has 2 heterocycles. The van der Waals surface area contributed by atoms with Crippen molar-refractivity contribution < 1.29 is 19.1 Å². The molecule has 2 aromatic rings. The molecule has 22 heavy (non-hydrogen) atoms.